The highest BCUT2D eigenvalue weighted by Crippen LogP contribution is 2.25. The van der Waals surface area contributed by atoms with E-state index in [-0.39, 0.29) is 19.5 Å². The van der Waals surface area contributed by atoms with Crippen LogP contribution < -0.4 is 5.32 Å². The van der Waals surface area contributed by atoms with Gasteiger partial charge in [-0.1, -0.05) is 30.3 Å². The predicted octanol–water partition coefficient (Wildman–Crippen LogP) is 3.82. The Labute approximate surface area is 194 Å². The molecule has 176 valence electrons. The number of hydroxylamine groups is 2. The van der Waals surface area contributed by atoms with E-state index in [0.29, 0.717) is 24.0 Å². The maximum atomic E-state index is 12.7. The van der Waals surface area contributed by atoms with Crippen molar-refractivity contribution in [1.82, 2.24) is 10.4 Å². The number of nitrogens with one attached hydrogen (secondary N) is 1. The molecule has 2 atom stereocenters. The number of amides is 1. The van der Waals surface area contributed by atoms with Gasteiger partial charge in [0.1, 0.15) is 6.04 Å². The summed E-state index contributed by atoms with van der Waals surface area (Å²) in [7, 11) is 0. The topological polar surface area (TPSA) is 106 Å². The van der Waals surface area contributed by atoms with Gasteiger partial charge in [0.2, 0.25) is 5.91 Å². The molecule has 1 aliphatic heterocycles. The second-order valence-corrected chi connectivity index (χ2v) is 7.77. The van der Waals surface area contributed by atoms with E-state index in [1.54, 1.807) is 42.5 Å². The molecule has 0 radical (unpaired) electrons. The second-order valence-electron chi connectivity index (χ2n) is 7.77. The van der Waals surface area contributed by atoms with Gasteiger partial charge in [0, 0.05) is 13.1 Å². The minimum Gasteiger partial charge on any atom is -0.360 e. The number of hydrogen-bond donors (Lipinski definition) is 1. The van der Waals surface area contributed by atoms with Gasteiger partial charge in [-0.15, -0.1) is 5.06 Å². The molecule has 34 heavy (non-hydrogen) atoms. The van der Waals surface area contributed by atoms with Crippen molar-refractivity contribution in [2.75, 3.05) is 13.1 Å². The lowest BCUT2D eigenvalue weighted by Crippen LogP contribution is -2.51. The monoisotopic (exact) mass is 470 g/mol. The van der Waals surface area contributed by atoms with E-state index in [4.69, 9.17) is 5.26 Å². The van der Waals surface area contributed by atoms with Crippen molar-refractivity contribution < 1.29 is 27.6 Å². The van der Waals surface area contributed by atoms with E-state index in [9.17, 15) is 28.0 Å². The van der Waals surface area contributed by atoms with Gasteiger partial charge in [-0.25, -0.2) is 4.79 Å². The molecule has 1 amide bonds. The van der Waals surface area contributed by atoms with Crippen molar-refractivity contribution in [3.63, 3.8) is 0 Å². The first-order valence-electron chi connectivity index (χ1n) is 10.6. The molecule has 1 fully saturated rings. The smallest absolute Gasteiger partial charge is 0.360 e. The van der Waals surface area contributed by atoms with Gasteiger partial charge in [0.25, 0.3) is 0 Å². The summed E-state index contributed by atoms with van der Waals surface area (Å²) in [5.41, 5.74) is 2.85. The van der Waals surface area contributed by atoms with Gasteiger partial charge in [0.15, 0.2) is 0 Å². The molecule has 1 saturated heterocycles. The van der Waals surface area contributed by atoms with Gasteiger partial charge in [-0.3, -0.25) is 4.79 Å². The molecule has 0 saturated carbocycles. The number of carbonyl (C=O) groups excluding carboxylic acids is 2. The maximum absolute atomic E-state index is 12.7. The third-order valence-electron chi connectivity index (χ3n) is 5.46. The first-order valence-corrected chi connectivity index (χ1v) is 10.6. The Hall–Kier alpha value is -3.89. The highest BCUT2D eigenvalue weighted by atomic mass is 19.4. The van der Waals surface area contributed by atoms with Gasteiger partial charge >= 0.3 is 12.1 Å². The van der Waals surface area contributed by atoms with Gasteiger partial charge in [-0.2, -0.15) is 23.7 Å². The molecular weight excluding hydrogens is 449 g/mol. The second kappa shape index (κ2) is 10.8. The molecule has 0 unspecified atom stereocenters. The number of hydrogen-bond acceptors (Lipinski definition) is 6. The van der Waals surface area contributed by atoms with Crippen molar-refractivity contribution in [3.8, 4) is 23.3 Å². The maximum Gasteiger partial charge on any atom is 0.492 e. The highest BCUT2D eigenvalue weighted by molar-refractivity contribution is 5.82. The zero-order valence-electron chi connectivity index (χ0n) is 18.0. The molecule has 1 aliphatic rings. The molecule has 1 heterocycles. The predicted molar refractivity (Wildman–Crippen MR) is 114 cm³/mol. The van der Waals surface area contributed by atoms with Crippen molar-refractivity contribution in [2.24, 2.45) is 0 Å². The molecule has 2 aromatic carbocycles. The summed E-state index contributed by atoms with van der Waals surface area (Å²) in [5.74, 6) is -3.70. The first-order chi connectivity index (χ1) is 16.2. The largest absolute Gasteiger partial charge is 0.492 e. The quantitative estimate of drug-likeness (QED) is 0.688. The molecule has 2 aromatic rings. The number of alkyl halides is 3. The van der Waals surface area contributed by atoms with E-state index < -0.39 is 30.0 Å². The van der Waals surface area contributed by atoms with Crippen LogP contribution >= 0.6 is 0 Å². The number of piperidine rings is 1. The number of rotatable bonds is 6. The Bertz CT molecular complexity index is 1120. The molecule has 3 rings (SSSR count). The normalized spacial score (nSPS) is 17.1. The van der Waals surface area contributed by atoms with Crippen LogP contribution in [-0.2, 0) is 14.4 Å². The number of benzene rings is 2. The molecule has 0 bridgehead atoms. The Balaban J connectivity index is 1.67. The summed E-state index contributed by atoms with van der Waals surface area (Å²) in [6, 6.07) is 17.2. The third kappa shape index (κ3) is 6.12. The Morgan fingerprint density at radius 1 is 1.12 bits per heavy atom. The van der Waals surface area contributed by atoms with Crippen LogP contribution in [-0.4, -0.2) is 42.2 Å². The fraction of sp³-hybridized carbons (Fsp3) is 0.333. The summed E-state index contributed by atoms with van der Waals surface area (Å²) in [4.78, 5) is 28.3. The summed E-state index contributed by atoms with van der Waals surface area (Å²) in [5, 5.41) is 22.0. The summed E-state index contributed by atoms with van der Waals surface area (Å²) >= 11 is 0. The summed E-state index contributed by atoms with van der Waals surface area (Å²) < 4.78 is 37.7. The molecule has 10 heteroatoms. The van der Waals surface area contributed by atoms with Crippen LogP contribution in [0.2, 0.25) is 0 Å². The van der Waals surface area contributed by atoms with E-state index in [1.807, 2.05) is 12.1 Å². The number of nitrogens with zero attached hydrogens (tertiary/aromatic N) is 3. The SMILES string of the molecule is N#Cc1ccc(-c2cccc([C@@H](C#N)CNC(=O)[C@@H]3CCCCN3OC(=O)C(F)(F)F)c2)cc1. The molecular formula is C24H21F3N4O3. The highest BCUT2D eigenvalue weighted by Gasteiger charge is 2.44. The van der Waals surface area contributed by atoms with Crippen molar-refractivity contribution in [1.29, 1.82) is 10.5 Å². The Morgan fingerprint density at radius 2 is 1.85 bits per heavy atom. The molecule has 1 N–H and O–H groups in total. The lowest BCUT2D eigenvalue weighted by molar-refractivity contribution is -0.248. The molecule has 0 aromatic heterocycles. The molecule has 0 spiro atoms. The van der Waals surface area contributed by atoms with Crippen LogP contribution in [0.5, 0.6) is 0 Å². The van der Waals surface area contributed by atoms with Crippen LogP contribution in [0.4, 0.5) is 13.2 Å². The zero-order valence-corrected chi connectivity index (χ0v) is 18.0. The minimum atomic E-state index is -5.16. The minimum absolute atomic E-state index is 0.00816. The Morgan fingerprint density at radius 3 is 2.50 bits per heavy atom. The Kier molecular flexibility index (Phi) is 7.87. The lowest BCUT2D eigenvalue weighted by Gasteiger charge is -2.32. The molecule has 0 aliphatic carbocycles. The first kappa shape index (κ1) is 24.7. The third-order valence-corrected chi connectivity index (χ3v) is 5.46. The van der Waals surface area contributed by atoms with Crippen LogP contribution in [0.3, 0.4) is 0 Å². The van der Waals surface area contributed by atoms with E-state index in [1.165, 1.54) is 0 Å². The molecule has 7 nitrogen and oxygen atoms in total. The fourth-order valence-corrected chi connectivity index (χ4v) is 3.67. The number of nitriles is 2. The number of carbonyl (C=O) groups is 2. The van der Waals surface area contributed by atoms with Gasteiger partial charge < -0.3 is 10.2 Å². The average molecular weight is 470 g/mol. The van der Waals surface area contributed by atoms with Crippen LogP contribution in [0.1, 0.15) is 36.3 Å². The van der Waals surface area contributed by atoms with Crippen molar-refractivity contribution in [2.45, 2.75) is 37.4 Å². The van der Waals surface area contributed by atoms with Crippen molar-refractivity contribution >= 4 is 11.9 Å². The van der Waals surface area contributed by atoms with Crippen LogP contribution in [0.15, 0.2) is 48.5 Å². The lowest BCUT2D eigenvalue weighted by atomic mass is 9.95. The van der Waals surface area contributed by atoms with Crippen LogP contribution in [0.25, 0.3) is 11.1 Å². The fourth-order valence-electron chi connectivity index (χ4n) is 3.67. The van der Waals surface area contributed by atoms with Gasteiger partial charge in [0.05, 0.1) is 23.6 Å². The standard InChI is InChI=1S/C24H21F3N4O3/c25-24(26,27)23(33)34-31-11-2-1-6-21(31)22(32)30-15-20(14-29)19-5-3-4-18(12-19)17-9-7-16(13-28)8-10-17/h3-5,7-10,12,20-21H,1-2,6,11,15H2,(H,30,32)/t20-,21-/m0/s1. The zero-order chi connectivity index (χ0) is 24.7. The summed E-state index contributed by atoms with van der Waals surface area (Å²) in [6.07, 6.45) is -3.86. The van der Waals surface area contributed by atoms with E-state index in [2.05, 4.69) is 16.2 Å². The van der Waals surface area contributed by atoms with Crippen LogP contribution in [0, 0.1) is 22.7 Å². The van der Waals surface area contributed by atoms with Crippen molar-refractivity contribution in [3.05, 3.63) is 59.7 Å². The van der Waals surface area contributed by atoms with Gasteiger partial charge in [-0.05, 0) is 54.2 Å². The number of halogens is 3. The van der Waals surface area contributed by atoms with E-state index in [0.717, 1.165) is 16.2 Å². The average Bonchev–Trinajstić information content (AvgIpc) is 2.84. The summed E-state index contributed by atoms with van der Waals surface area (Å²) in [6.45, 7) is -0.0576. The van der Waals surface area contributed by atoms with E-state index >= 15 is 0 Å².